The van der Waals surface area contributed by atoms with Crippen molar-refractivity contribution in [1.82, 2.24) is 0 Å². The molecule has 1 unspecified atom stereocenters. The van der Waals surface area contributed by atoms with Gasteiger partial charge in [0, 0.05) is 25.0 Å². The maximum atomic E-state index is 6.39. The van der Waals surface area contributed by atoms with E-state index >= 15 is 0 Å². The fraction of sp³-hybridized carbons (Fsp3) is 0.600. The summed E-state index contributed by atoms with van der Waals surface area (Å²) in [6.45, 7) is 5.02. The summed E-state index contributed by atoms with van der Waals surface area (Å²) >= 11 is 9.94. The molecule has 0 aliphatic carbocycles. The maximum Gasteiger partial charge on any atom is 0.0750 e. The SMILES string of the molecule is CCCOC1CCCN(c2c(Cl)cccc2CBr)C1. The molecule has 1 aromatic rings. The first-order valence-corrected chi connectivity index (χ1v) is 8.46. The molecule has 1 fully saturated rings. The molecule has 0 aromatic heterocycles. The Morgan fingerprint density at radius 2 is 2.32 bits per heavy atom. The second-order valence-electron chi connectivity index (χ2n) is 4.96. The second kappa shape index (κ2) is 7.51. The molecule has 1 atom stereocenters. The Bertz CT molecular complexity index is 413. The lowest BCUT2D eigenvalue weighted by molar-refractivity contribution is 0.0440. The van der Waals surface area contributed by atoms with E-state index in [1.165, 1.54) is 17.7 Å². The minimum atomic E-state index is 0.341. The van der Waals surface area contributed by atoms with Crippen molar-refractivity contribution >= 4 is 33.2 Å². The van der Waals surface area contributed by atoms with Crippen LogP contribution in [-0.2, 0) is 10.1 Å². The largest absolute Gasteiger partial charge is 0.376 e. The van der Waals surface area contributed by atoms with E-state index in [9.17, 15) is 0 Å². The smallest absolute Gasteiger partial charge is 0.0750 e. The van der Waals surface area contributed by atoms with Gasteiger partial charge in [0.25, 0.3) is 0 Å². The molecule has 0 spiro atoms. The molecule has 0 radical (unpaired) electrons. The zero-order valence-corrected chi connectivity index (χ0v) is 13.7. The van der Waals surface area contributed by atoms with Gasteiger partial charge in [0.2, 0.25) is 0 Å². The van der Waals surface area contributed by atoms with E-state index in [1.54, 1.807) is 0 Å². The van der Waals surface area contributed by atoms with Crippen LogP contribution < -0.4 is 4.90 Å². The number of para-hydroxylation sites is 1. The highest BCUT2D eigenvalue weighted by molar-refractivity contribution is 9.08. The quantitative estimate of drug-likeness (QED) is 0.721. The Labute approximate surface area is 129 Å². The molecule has 106 valence electrons. The minimum Gasteiger partial charge on any atom is -0.376 e. The van der Waals surface area contributed by atoms with E-state index in [-0.39, 0.29) is 0 Å². The molecular formula is C15H21BrClNO. The van der Waals surface area contributed by atoms with E-state index in [1.807, 2.05) is 12.1 Å². The van der Waals surface area contributed by atoms with Gasteiger partial charge in [-0.15, -0.1) is 0 Å². The van der Waals surface area contributed by atoms with Crippen molar-refractivity contribution in [3.8, 4) is 0 Å². The fourth-order valence-corrected chi connectivity index (χ4v) is 3.35. The van der Waals surface area contributed by atoms with Crippen molar-refractivity contribution in [3.63, 3.8) is 0 Å². The fourth-order valence-electron chi connectivity index (χ4n) is 2.58. The summed E-state index contributed by atoms with van der Waals surface area (Å²) in [7, 11) is 0. The van der Waals surface area contributed by atoms with Crippen LogP contribution >= 0.6 is 27.5 Å². The van der Waals surface area contributed by atoms with Crippen LogP contribution in [0.2, 0.25) is 5.02 Å². The summed E-state index contributed by atoms with van der Waals surface area (Å²) in [5, 5.41) is 1.67. The van der Waals surface area contributed by atoms with Gasteiger partial charge < -0.3 is 9.64 Å². The van der Waals surface area contributed by atoms with Crippen LogP contribution in [0.1, 0.15) is 31.7 Å². The molecule has 1 aromatic carbocycles. The van der Waals surface area contributed by atoms with Crippen molar-refractivity contribution in [3.05, 3.63) is 28.8 Å². The Morgan fingerprint density at radius 3 is 3.05 bits per heavy atom. The number of benzene rings is 1. The van der Waals surface area contributed by atoms with Crippen LogP contribution in [0.3, 0.4) is 0 Å². The highest BCUT2D eigenvalue weighted by Crippen LogP contribution is 2.33. The number of anilines is 1. The first kappa shape index (κ1) is 15.1. The molecule has 4 heteroatoms. The standard InChI is InChI=1S/C15H21BrClNO/c1-2-9-19-13-6-4-8-18(11-13)15-12(10-16)5-3-7-14(15)17/h3,5,7,13H,2,4,6,8-11H2,1H3. The molecule has 0 saturated carbocycles. The van der Waals surface area contributed by atoms with E-state index in [0.29, 0.717) is 6.10 Å². The number of nitrogens with zero attached hydrogens (tertiary/aromatic N) is 1. The number of rotatable bonds is 5. The summed E-state index contributed by atoms with van der Waals surface area (Å²) in [6.07, 6.45) is 3.74. The van der Waals surface area contributed by atoms with Crippen molar-refractivity contribution in [2.75, 3.05) is 24.6 Å². The van der Waals surface area contributed by atoms with Crippen LogP contribution in [-0.4, -0.2) is 25.8 Å². The number of piperidine rings is 1. The molecule has 1 aliphatic rings. The van der Waals surface area contributed by atoms with Crippen molar-refractivity contribution in [2.24, 2.45) is 0 Å². The molecule has 2 rings (SSSR count). The van der Waals surface area contributed by atoms with Gasteiger partial charge in [0.05, 0.1) is 16.8 Å². The van der Waals surface area contributed by atoms with Crippen molar-refractivity contribution < 1.29 is 4.74 Å². The topological polar surface area (TPSA) is 12.5 Å². The Kier molecular flexibility index (Phi) is 5.99. The van der Waals surface area contributed by atoms with Gasteiger partial charge in [0.15, 0.2) is 0 Å². The number of alkyl halides is 1. The lowest BCUT2D eigenvalue weighted by Gasteiger charge is -2.35. The first-order chi connectivity index (χ1) is 9.26. The van der Waals surface area contributed by atoms with Crippen molar-refractivity contribution in [2.45, 2.75) is 37.6 Å². The Balaban J connectivity index is 2.12. The predicted octanol–water partition coefficient (Wildman–Crippen LogP) is 4.63. The third kappa shape index (κ3) is 3.87. The summed E-state index contributed by atoms with van der Waals surface area (Å²) < 4.78 is 5.90. The molecule has 19 heavy (non-hydrogen) atoms. The summed E-state index contributed by atoms with van der Waals surface area (Å²) in [4.78, 5) is 2.38. The van der Waals surface area contributed by atoms with Crippen LogP contribution in [0.15, 0.2) is 18.2 Å². The first-order valence-electron chi connectivity index (χ1n) is 6.96. The molecule has 1 saturated heterocycles. The summed E-state index contributed by atoms with van der Waals surface area (Å²) in [6, 6.07) is 6.11. The molecule has 0 bridgehead atoms. The van der Waals surface area contributed by atoms with Crippen molar-refractivity contribution in [1.29, 1.82) is 0 Å². The number of hydrogen-bond donors (Lipinski definition) is 0. The van der Waals surface area contributed by atoms with Crippen LogP contribution in [0.5, 0.6) is 0 Å². The highest BCUT2D eigenvalue weighted by atomic mass is 79.9. The molecule has 1 heterocycles. The predicted molar refractivity (Wildman–Crippen MR) is 85.6 cm³/mol. The van der Waals surface area contributed by atoms with Gasteiger partial charge in [-0.3, -0.25) is 0 Å². The van der Waals surface area contributed by atoms with E-state index < -0.39 is 0 Å². The zero-order chi connectivity index (χ0) is 13.7. The summed E-state index contributed by atoms with van der Waals surface area (Å²) in [5.41, 5.74) is 2.43. The minimum absolute atomic E-state index is 0.341. The lowest BCUT2D eigenvalue weighted by atomic mass is 10.1. The molecule has 0 amide bonds. The van der Waals surface area contributed by atoms with Crippen LogP contribution in [0.4, 0.5) is 5.69 Å². The third-order valence-corrected chi connectivity index (χ3v) is 4.38. The number of ether oxygens (including phenoxy) is 1. The monoisotopic (exact) mass is 345 g/mol. The van der Waals surface area contributed by atoms with Gasteiger partial charge in [-0.1, -0.05) is 46.6 Å². The van der Waals surface area contributed by atoms with Gasteiger partial charge in [-0.2, -0.15) is 0 Å². The lowest BCUT2D eigenvalue weighted by Crippen LogP contribution is -2.40. The zero-order valence-electron chi connectivity index (χ0n) is 11.4. The van der Waals surface area contributed by atoms with E-state index in [4.69, 9.17) is 16.3 Å². The average molecular weight is 347 g/mol. The van der Waals surface area contributed by atoms with Gasteiger partial charge >= 0.3 is 0 Å². The second-order valence-corrected chi connectivity index (χ2v) is 5.93. The van der Waals surface area contributed by atoms with Gasteiger partial charge in [-0.25, -0.2) is 0 Å². The number of hydrogen-bond acceptors (Lipinski definition) is 2. The Morgan fingerprint density at radius 1 is 1.47 bits per heavy atom. The number of halogens is 2. The molecule has 0 N–H and O–H groups in total. The summed E-state index contributed by atoms with van der Waals surface area (Å²) in [5.74, 6) is 0. The molecular weight excluding hydrogens is 326 g/mol. The Hall–Kier alpha value is -0.250. The van der Waals surface area contributed by atoms with Gasteiger partial charge in [-0.05, 0) is 30.9 Å². The van der Waals surface area contributed by atoms with E-state index in [2.05, 4.69) is 33.8 Å². The van der Waals surface area contributed by atoms with E-state index in [0.717, 1.165) is 42.9 Å². The van der Waals surface area contributed by atoms with Gasteiger partial charge in [0.1, 0.15) is 0 Å². The van der Waals surface area contributed by atoms with Crippen LogP contribution in [0, 0.1) is 0 Å². The van der Waals surface area contributed by atoms with Crippen LogP contribution in [0.25, 0.3) is 0 Å². The third-order valence-electron chi connectivity index (χ3n) is 3.47. The molecule has 2 nitrogen and oxygen atoms in total. The normalized spacial score (nSPS) is 19.7. The molecule has 1 aliphatic heterocycles. The average Bonchev–Trinajstić information content (AvgIpc) is 2.45. The highest BCUT2D eigenvalue weighted by Gasteiger charge is 2.23. The maximum absolute atomic E-state index is 6.39.